The number of nitrogens with one attached hydrogen (secondary N) is 1. The van der Waals surface area contributed by atoms with Gasteiger partial charge in [-0.2, -0.15) is 0 Å². The van der Waals surface area contributed by atoms with Gasteiger partial charge in [0.25, 0.3) is 0 Å². The molecule has 0 saturated heterocycles. The maximum atomic E-state index is 12.1. The summed E-state index contributed by atoms with van der Waals surface area (Å²) in [5.41, 5.74) is 4.17. The van der Waals surface area contributed by atoms with E-state index in [0.29, 0.717) is 38.9 Å². The Morgan fingerprint density at radius 2 is 1.76 bits per heavy atom. The third kappa shape index (κ3) is 6.00. The predicted octanol–water partition coefficient (Wildman–Crippen LogP) is 6.59. The fraction of sp³-hybridized carbons (Fsp3) is 0.192. The molecule has 0 saturated carbocycles. The molecule has 4 rings (SSSR count). The molecule has 0 aliphatic rings. The van der Waals surface area contributed by atoms with Crippen LogP contribution in [0.2, 0.25) is 10.0 Å². The molecule has 1 aromatic heterocycles. The number of rotatable bonds is 8. The van der Waals surface area contributed by atoms with Crippen molar-refractivity contribution in [3.8, 4) is 5.69 Å². The fourth-order valence-corrected chi connectivity index (χ4v) is 5.13. The number of hydrogen-bond donors (Lipinski definition) is 1. The molecule has 1 heterocycles. The first kappa shape index (κ1) is 24.3. The molecule has 0 aliphatic carbocycles. The maximum absolute atomic E-state index is 12.1. The van der Waals surface area contributed by atoms with Gasteiger partial charge in [-0.25, -0.2) is 0 Å². The Bertz CT molecular complexity index is 1290. The van der Waals surface area contributed by atoms with Gasteiger partial charge in [0.2, 0.25) is 5.91 Å². The van der Waals surface area contributed by atoms with E-state index in [2.05, 4.69) is 40.6 Å². The van der Waals surface area contributed by atoms with Gasteiger partial charge in [0.05, 0.1) is 16.8 Å². The molecule has 1 amide bonds. The highest BCUT2D eigenvalue weighted by atomic mass is 35.5. The number of halogens is 2. The van der Waals surface area contributed by atoms with Gasteiger partial charge in [-0.05, 0) is 42.7 Å². The van der Waals surface area contributed by atoms with Crippen molar-refractivity contribution in [1.29, 1.82) is 0 Å². The summed E-state index contributed by atoms with van der Waals surface area (Å²) in [4.78, 5) is 12.1. The van der Waals surface area contributed by atoms with Crippen LogP contribution in [0, 0.1) is 6.92 Å². The molecule has 34 heavy (non-hydrogen) atoms. The lowest BCUT2D eigenvalue weighted by Crippen LogP contribution is -2.30. The van der Waals surface area contributed by atoms with E-state index in [0.717, 1.165) is 5.56 Å². The summed E-state index contributed by atoms with van der Waals surface area (Å²) in [6.45, 7) is 3.57. The van der Waals surface area contributed by atoms with Crippen LogP contribution in [0.1, 0.15) is 35.5 Å². The Kier molecular flexibility index (Phi) is 7.93. The van der Waals surface area contributed by atoms with E-state index in [1.807, 2.05) is 47.0 Å². The first-order valence-electron chi connectivity index (χ1n) is 10.8. The van der Waals surface area contributed by atoms with Crippen molar-refractivity contribution in [3.05, 3.63) is 105 Å². The predicted molar refractivity (Wildman–Crippen MR) is 139 cm³/mol. The minimum atomic E-state index is -0.396. The number of nitrogens with zero attached hydrogens (tertiary/aromatic N) is 3. The Labute approximate surface area is 213 Å². The molecule has 0 aliphatic heterocycles. The van der Waals surface area contributed by atoms with Crippen LogP contribution in [0.25, 0.3) is 5.69 Å². The van der Waals surface area contributed by atoms with E-state index in [9.17, 15) is 4.79 Å². The largest absolute Gasteiger partial charge is 0.346 e. The molecule has 1 unspecified atom stereocenters. The second-order valence-electron chi connectivity index (χ2n) is 7.99. The number of aromatic nitrogens is 3. The third-order valence-corrected chi connectivity index (χ3v) is 6.77. The van der Waals surface area contributed by atoms with E-state index in [1.54, 1.807) is 23.9 Å². The molecule has 0 bridgehead atoms. The highest BCUT2D eigenvalue weighted by Crippen LogP contribution is 2.33. The van der Waals surface area contributed by atoms with Crippen molar-refractivity contribution < 1.29 is 4.79 Å². The average Bonchev–Trinajstić information content (AvgIpc) is 3.21. The van der Waals surface area contributed by atoms with Gasteiger partial charge < -0.3 is 5.32 Å². The zero-order valence-electron chi connectivity index (χ0n) is 18.8. The van der Waals surface area contributed by atoms with Crippen LogP contribution in [0.15, 0.2) is 78.0 Å². The summed E-state index contributed by atoms with van der Waals surface area (Å²) in [6.07, 6.45) is 0.562. The van der Waals surface area contributed by atoms with Crippen molar-refractivity contribution in [2.24, 2.45) is 0 Å². The molecular weight excluding hydrogens is 487 g/mol. The highest BCUT2D eigenvalue weighted by molar-refractivity contribution is 7.98. The Balaban J connectivity index is 1.76. The van der Waals surface area contributed by atoms with Crippen LogP contribution in [-0.2, 0) is 17.0 Å². The molecular formula is C26H24Cl2N4OS. The Morgan fingerprint density at radius 3 is 2.47 bits per heavy atom. The molecule has 4 aromatic rings. The molecule has 1 N–H and O–H groups in total. The van der Waals surface area contributed by atoms with E-state index >= 15 is 0 Å². The molecule has 3 aromatic carbocycles. The normalized spacial score (nSPS) is 11.9. The first-order chi connectivity index (χ1) is 16.4. The lowest BCUT2D eigenvalue weighted by atomic mass is 10.1. The molecule has 5 nitrogen and oxygen atoms in total. The van der Waals surface area contributed by atoms with Crippen LogP contribution < -0.4 is 5.32 Å². The zero-order valence-corrected chi connectivity index (χ0v) is 21.2. The van der Waals surface area contributed by atoms with Crippen molar-refractivity contribution in [2.45, 2.75) is 37.2 Å². The summed E-state index contributed by atoms with van der Waals surface area (Å²) in [7, 11) is 0. The van der Waals surface area contributed by atoms with Crippen LogP contribution in [0.4, 0.5) is 0 Å². The van der Waals surface area contributed by atoms with E-state index in [1.165, 1.54) is 18.1 Å². The van der Waals surface area contributed by atoms with Crippen LogP contribution >= 0.6 is 35.0 Å². The summed E-state index contributed by atoms with van der Waals surface area (Å²) in [5.74, 6) is 1.18. The van der Waals surface area contributed by atoms with Crippen molar-refractivity contribution in [1.82, 2.24) is 20.1 Å². The molecule has 8 heteroatoms. The van der Waals surface area contributed by atoms with Crippen molar-refractivity contribution >= 4 is 40.9 Å². The van der Waals surface area contributed by atoms with Crippen LogP contribution in [-0.4, -0.2) is 20.7 Å². The van der Waals surface area contributed by atoms with Crippen molar-refractivity contribution in [3.63, 3.8) is 0 Å². The number of amides is 1. The molecule has 174 valence electrons. The van der Waals surface area contributed by atoms with Crippen LogP contribution in [0.3, 0.4) is 0 Å². The minimum absolute atomic E-state index is 0.147. The van der Waals surface area contributed by atoms with E-state index < -0.39 is 6.04 Å². The van der Waals surface area contributed by atoms with Gasteiger partial charge in [0.1, 0.15) is 0 Å². The third-order valence-electron chi connectivity index (χ3n) is 5.23. The topological polar surface area (TPSA) is 59.8 Å². The molecule has 0 spiro atoms. The zero-order chi connectivity index (χ0) is 24.1. The lowest BCUT2D eigenvalue weighted by Gasteiger charge is -2.20. The smallest absolute Gasteiger partial charge is 0.217 e. The summed E-state index contributed by atoms with van der Waals surface area (Å²) >= 11 is 14.3. The van der Waals surface area contributed by atoms with Crippen LogP contribution in [0.5, 0.6) is 0 Å². The second-order valence-corrected chi connectivity index (χ2v) is 9.78. The molecule has 0 fully saturated rings. The van der Waals surface area contributed by atoms with Gasteiger partial charge in [-0.3, -0.25) is 9.36 Å². The van der Waals surface area contributed by atoms with Gasteiger partial charge in [0, 0.05) is 17.7 Å². The number of benzene rings is 3. The average molecular weight is 511 g/mol. The Hall–Kier alpha value is -2.80. The molecule has 0 radical (unpaired) electrons. The van der Waals surface area contributed by atoms with Gasteiger partial charge in [-0.15, -0.1) is 10.2 Å². The highest BCUT2D eigenvalue weighted by Gasteiger charge is 2.25. The minimum Gasteiger partial charge on any atom is -0.346 e. The number of thioether (sulfide) groups is 1. The van der Waals surface area contributed by atoms with E-state index in [4.69, 9.17) is 23.2 Å². The second kappa shape index (κ2) is 11.1. The number of hydrogen-bond acceptors (Lipinski definition) is 4. The summed E-state index contributed by atoms with van der Waals surface area (Å²) < 4.78 is 1.92. The lowest BCUT2D eigenvalue weighted by molar-refractivity contribution is -0.119. The quantitative estimate of drug-likeness (QED) is 0.271. The van der Waals surface area contributed by atoms with E-state index in [-0.39, 0.29) is 5.91 Å². The van der Waals surface area contributed by atoms with Gasteiger partial charge in [0.15, 0.2) is 11.0 Å². The van der Waals surface area contributed by atoms with Crippen molar-refractivity contribution in [2.75, 3.05) is 0 Å². The number of aryl methyl sites for hydroxylation is 1. The standard InChI is InChI=1S/C26H24Cl2N4OS/c1-17-7-6-10-20(13-17)16-34-26-31-30-25(32(26)24-12-11-21(27)15-22(24)28)23(29-18(2)33)14-19-8-4-3-5-9-19/h3-13,15,23H,14,16H2,1-2H3,(H,29,33). The Morgan fingerprint density at radius 1 is 1.00 bits per heavy atom. The molecule has 1 atom stereocenters. The summed E-state index contributed by atoms with van der Waals surface area (Å²) in [6, 6.07) is 23.3. The fourth-order valence-electron chi connectivity index (χ4n) is 3.74. The monoisotopic (exact) mass is 510 g/mol. The van der Waals surface area contributed by atoms with Gasteiger partial charge >= 0.3 is 0 Å². The first-order valence-corrected chi connectivity index (χ1v) is 12.5. The number of carbonyl (C=O) groups is 1. The summed E-state index contributed by atoms with van der Waals surface area (Å²) in [5, 5.41) is 13.8. The van der Waals surface area contributed by atoms with Gasteiger partial charge in [-0.1, -0.05) is 95.1 Å². The SMILES string of the molecule is CC(=O)NC(Cc1ccccc1)c1nnc(SCc2cccc(C)c2)n1-c1ccc(Cl)cc1Cl. The number of carbonyl (C=O) groups excluding carboxylic acids is 1. The maximum Gasteiger partial charge on any atom is 0.217 e.